The molecule has 1 aromatic carbocycles. The van der Waals surface area contributed by atoms with Crippen LogP contribution in [0.5, 0.6) is 5.75 Å². The minimum atomic E-state index is -0.0621. The van der Waals surface area contributed by atoms with Crippen molar-refractivity contribution < 1.29 is 4.74 Å². The van der Waals surface area contributed by atoms with Gasteiger partial charge in [0.05, 0.1) is 0 Å². The number of nitrogens with two attached hydrogens (primary N) is 1. The molecular formula is C18H27NO. The maximum absolute atomic E-state index is 6.56. The third kappa shape index (κ3) is 2.85. The first-order valence-electron chi connectivity index (χ1n) is 8.13. The van der Waals surface area contributed by atoms with Gasteiger partial charge in [-0.25, -0.2) is 0 Å². The lowest BCUT2D eigenvalue weighted by Gasteiger charge is -2.23. The van der Waals surface area contributed by atoms with Gasteiger partial charge in [-0.2, -0.15) is 0 Å². The van der Waals surface area contributed by atoms with Gasteiger partial charge in [-0.05, 0) is 49.8 Å². The zero-order valence-corrected chi connectivity index (χ0v) is 12.8. The quantitative estimate of drug-likeness (QED) is 0.812. The van der Waals surface area contributed by atoms with Crippen LogP contribution in [0.2, 0.25) is 0 Å². The normalized spacial score (nSPS) is 23.8. The van der Waals surface area contributed by atoms with E-state index in [0.717, 1.165) is 12.2 Å². The van der Waals surface area contributed by atoms with Crippen LogP contribution in [-0.4, -0.2) is 5.60 Å². The second-order valence-corrected chi connectivity index (χ2v) is 7.18. The van der Waals surface area contributed by atoms with E-state index in [2.05, 4.69) is 32.0 Å². The Bertz CT molecular complexity index is 472. The average Bonchev–Trinajstić information content (AvgIpc) is 2.59. The van der Waals surface area contributed by atoms with Crippen molar-refractivity contribution in [2.75, 3.05) is 0 Å². The first kappa shape index (κ1) is 13.9. The fraction of sp³-hybridized carbons (Fsp3) is 0.667. The zero-order valence-electron chi connectivity index (χ0n) is 12.8. The van der Waals surface area contributed by atoms with E-state index in [9.17, 15) is 0 Å². The van der Waals surface area contributed by atoms with E-state index in [4.69, 9.17) is 10.5 Å². The molecule has 1 unspecified atom stereocenters. The van der Waals surface area contributed by atoms with E-state index in [0.29, 0.717) is 5.92 Å². The molecule has 2 N–H and O–H groups in total. The molecule has 110 valence electrons. The van der Waals surface area contributed by atoms with Crippen molar-refractivity contribution in [1.29, 1.82) is 0 Å². The van der Waals surface area contributed by atoms with E-state index >= 15 is 0 Å². The van der Waals surface area contributed by atoms with E-state index in [1.807, 2.05) is 0 Å². The number of benzene rings is 1. The molecular weight excluding hydrogens is 246 g/mol. The predicted molar refractivity (Wildman–Crippen MR) is 83.0 cm³/mol. The Morgan fingerprint density at radius 1 is 1.15 bits per heavy atom. The van der Waals surface area contributed by atoms with Crippen molar-refractivity contribution in [3.8, 4) is 5.75 Å². The summed E-state index contributed by atoms with van der Waals surface area (Å²) in [6.45, 7) is 4.30. The summed E-state index contributed by atoms with van der Waals surface area (Å²) in [6, 6.07) is 6.79. The van der Waals surface area contributed by atoms with Gasteiger partial charge in [-0.15, -0.1) is 0 Å². The molecule has 0 amide bonds. The topological polar surface area (TPSA) is 35.2 Å². The third-order valence-electron chi connectivity index (χ3n) is 4.88. The molecule has 20 heavy (non-hydrogen) atoms. The lowest BCUT2D eigenvalue weighted by molar-refractivity contribution is 0.138. The summed E-state index contributed by atoms with van der Waals surface area (Å²) < 4.78 is 5.95. The highest BCUT2D eigenvalue weighted by Gasteiger charge is 2.31. The van der Waals surface area contributed by atoms with Gasteiger partial charge in [0.15, 0.2) is 0 Å². The van der Waals surface area contributed by atoms with Crippen LogP contribution in [0.3, 0.4) is 0 Å². The summed E-state index contributed by atoms with van der Waals surface area (Å²) in [5.74, 6) is 1.71. The van der Waals surface area contributed by atoms with Crippen LogP contribution in [0, 0.1) is 5.92 Å². The Balaban J connectivity index is 1.77. The van der Waals surface area contributed by atoms with Gasteiger partial charge in [0.1, 0.15) is 11.4 Å². The van der Waals surface area contributed by atoms with Crippen LogP contribution >= 0.6 is 0 Å². The Morgan fingerprint density at radius 2 is 1.85 bits per heavy atom. The maximum Gasteiger partial charge on any atom is 0.123 e. The Kier molecular flexibility index (Phi) is 3.76. The van der Waals surface area contributed by atoms with E-state index < -0.39 is 0 Å². The highest BCUT2D eigenvalue weighted by atomic mass is 16.5. The summed E-state index contributed by atoms with van der Waals surface area (Å²) in [7, 11) is 0. The van der Waals surface area contributed by atoms with E-state index in [-0.39, 0.29) is 11.6 Å². The van der Waals surface area contributed by atoms with Crippen molar-refractivity contribution in [3.05, 3.63) is 29.3 Å². The molecule has 1 aliphatic carbocycles. The second-order valence-electron chi connectivity index (χ2n) is 7.18. The van der Waals surface area contributed by atoms with Crippen molar-refractivity contribution in [1.82, 2.24) is 0 Å². The lowest BCUT2D eigenvalue weighted by Crippen LogP contribution is -2.24. The molecule has 1 aromatic rings. The summed E-state index contributed by atoms with van der Waals surface area (Å²) in [5, 5.41) is 0. The summed E-state index contributed by atoms with van der Waals surface area (Å²) in [5.41, 5.74) is 9.13. The molecule has 0 aromatic heterocycles. The fourth-order valence-electron chi connectivity index (χ4n) is 3.78. The SMILES string of the molecule is CC1(C)Cc2cc(C(N)C3CCCCCC3)ccc2O1. The highest BCUT2D eigenvalue weighted by molar-refractivity contribution is 5.42. The van der Waals surface area contributed by atoms with Crippen LogP contribution in [0.4, 0.5) is 0 Å². The minimum Gasteiger partial charge on any atom is -0.487 e. The Hall–Kier alpha value is -1.02. The van der Waals surface area contributed by atoms with Crippen molar-refractivity contribution in [2.24, 2.45) is 11.7 Å². The molecule has 1 heterocycles. The molecule has 1 aliphatic heterocycles. The van der Waals surface area contributed by atoms with Crippen LogP contribution in [-0.2, 0) is 6.42 Å². The molecule has 1 fully saturated rings. The number of ether oxygens (including phenoxy) is 1. The third-order valence-corrected chi connectivity index (χ3v) is 4.88. The van der Waals surface area contributed by atoms with Gasteiger partial charge in [0.2, 0.25) is 0 Å². The number of hydrogen-bond acceptors (Lipinski definition) is 2. The number of rotatable bonds is 2. The molecule has 0 radical (unpaired) electrons. The minimum absolute atomic E-state index is 0.0621. The molecule has 1 saturated carbocycles. The van der Waals surface area contributed by atoms with Gasteiger partial charge in [-0.3, -0.25) is 0 Å². The Morgan fingerprint density at radius 3 is 2.55 bits per heavy atom. The lowest BCUT2D eigenvalue weighted by atomic mass is 9.87. The fourth-order valence-corrected chi connectivity index (χ4v) is 3.78. The molecule has 0 bridgehead atoms. The van der Waals surface area contributed by atoms with Crippen molar-refractivity contribution in [2.45, 2.75) is 70.4 Å². The first-order valence-corrected chi connectivity index (χ1v) is 8.13. The molecule has 2 aliphatic rings. The highest BCUT2D eigenvalue weighted by Crippen LogP contribution is 2.38. The van der Waals surface area contributed by atoms with Gasteiger partial charge < -0.3 is 10.5 Å². The average molecular weight is 273 g/mol. The van der Waals surface area contributed by atoms with Crippen LogP contribution < -0.4 is 10.5 Å². The van der Waals surface area contributed by atoms with Crippen LogP contribution in [0.15, 0.2) is 18.2 Å². The van der Waals surface area contributed by atoms with Gasteiger partial charge in [0, 0.05) is 12.5 Å². The van der Waals surface area contributed by atoms with Crippen LogP contribution in [0.25, 0.3) is 0 Å². The maximum atomic E-state index is 6.56. The molecule has 3 rings (SSSR count). The number of fused-ring (bicyclic) bond motifs is 1. The van der Waals surface area contributed by atoms with Crippen LogP contribution in [0.1, 0.15) is 69.5 Å². The van der Waals surface area contributed by atoms with Gasteiger partial charge in [-0.1, -0.05) is 37.8 Å². The molecule has 2 heteroatoms. The first-order chi connectivity index (χ1) is 9.55. The second kappa shape index (κ2) is 5.40. The standard InChI is InChI=1S/C18H27NO/c1-18(2)12-15-11-14(9-10-16(15)20-18)17(19)13-7-5-3-4-6-8-13/h9-11,13,17H,3-8,12,19H2,1-2H3. The smallest absolute Gasteiger partial charge is 0.123 e. The predicted octanol–water partition coefficient (Wildman–Crippen LogP) is 4.37. The van der Waals surface area contributed by atoms with Crippen molar-refractivity contribution >= 4 is 0 Å². The summed E-state index contributed by atoms with van der Waals surface area (Å²) in [4.78, 5) is 0. The molecule has 1 atom stereocenters. The van der Waals surface area contributed by atoms with Gasteiger partial charge >= 0.3 is 0 Å². The van der Waals surface area contributed by atoms with E-state index in [1.165, 1.54) is 49.7 Å². The zero-order chi connectivity index (χ0) is 14.2. The van der Waals surface area contributed by atoms with Gasteiger partial charge in [0.25, 0.3) is 0 Å². The van der Waals surface area contributed by atoms with E-state index in [1.54, 1.807) is 0 Å². The summed E-state index contributed by atoms with van der Waals surface area (Å²) >= 11 is 0. The molecule has 0 saturated heterocycles. The van der Waals surface area contributed by atoms with Crippen molar-refractivity contribution in [3.63, 3.8) is 0 Å². The molecule has 2 nitrogen and oxygen atoms in total. The summed E-state index contributed by atoms with van der Waals surface area (Å²) in [6.07, 6.45) is 9.04. The monoisotopic (exact) mass is 273 g/mol. The largest absolute Gasteiger partial charge is 0.487 e. The Labute approximate surface area is 122 Å². The number of hydrogen-bond donors (Lipinski definition) is 1. The molecule has 0 spiro atoms.